The van der Waals surface area contributed by atoms with Crippen LogP contribution in [-0.2, 0) is 19.5 Å². The highest BCUT2D eigenvalue weighted by Crippen LogP contribution is 2.21. The number of morpholine rings is 1. The SMILES string of the molecule is CC1COC(CCl)CN1S(=O)(=O)CC1CCCO1. The van der Waals surface area contributed by atoms with E-state index >= 15 is 0 Å². The number of hydrogen-bond donors (Lipinski definition) is 0. The Labute approximate surface area is 113 Å². The van der Waals surface area contributed by atoms with E-state index in [1.54, 1.807) is 0 Å². The van der Waals surface area contributed by atoms with Crippen LogP contribution < -0.4 is 0 Å². The Hall–Kier alpha value is 0.120. The van der Waals surface area contributed by atoms with E-state index in [9.17, 15) is 8.42 Å². The topological polar surface area (TPSA) is 55.8 Å². The molecule has 18 heavy (non-hydrogen) atoms. The molecule has 0 radical (unpaired) electrons. The van der Waals surface area contributed by atoms with Crippen molar-refractivity contribution in [2.45, 2.75) is 38.0 Å². The highest BCUT2D eigenvalue weighted by Gasteiger charge is 2.36. The van der Waals surface area contributed by atoms with Crippen molar-refractivity contribution in [1.82, 2.24) is 4.31 Å². The van der Waals surface area contributed by atoms with Crippen LogP contribution in [0.5, 0.6) is 0 Å². The summed E-state index contributed by atoms with van der Waals surface area (Å²) in [5.41, 5.74) is 0. The zero-order valence-corrected chi connectivity index (χ0v) is 12.1. The van der Waals surface area contributed by atoms with Gasteiger partial charge in [0.05, 0.1) is 24.6 Å². The molecule has 0 amide bonds. The highest BCUT2D eigenvalue weighted by atomic mass is 35.5. The van der Waals surface area contributed by atoms with E-state index in [1.165, 1.54) is 4.31 Å². The number of sulfonamides is 1. The van der Waals surface area contributed by atoms with Gasteiger partial charge in [-0.05, 0) is 19.8 Å². The minimum atomic E-state index is -3.29. The van der Waals surface area contributed by atoms with Gasteiger partial charge in [0, 0.05) is 25.1 Å². The summed E-state index contributed by atoms with van der Waals surface area (Å²) >= 11 is 5.74. The second kappa shape index (κ2) is 6.05. The molecule has 0 bridgehead atoms. The van der Waals surface area contributed by atoms with Crippen molar-refractivity contribution in [3.8, 4) is 0 Å². The standard InChI is InChI=1S/C11H20ClNO4S/c1-9-7-17-11(5-12)6-13(9)18(14,15)8-10-3-2-4-16-10/h9-11H,2-8H2,1H3. The fraction of sp³-hybridized carbons (Fsp3) is 1.00. The van der Waals surface area contributed by atoms with Crippen molar-refractivity contribution >= 4 is 21.6 Å². The number of nitrogens with zero attached hydrogens (tertiary/aromatic N) is 1. The summed E-state index contributed by atoms with van der Waals surface area (Å²) in [4.78, 5) is 0. The molecule has 2 heterocycles. The summed E-state index contributed by atoms with van der Waals surface area (Å²) in [5.74, 6) is 0.394. The first-order valence-electron chi connectivity index (χ1n) is 6.31. The monoisotopic (exact) mass is 297 g/mol. The summed E-state index contributed by atoms with van der Waals surface area (Å²) in [5, 5.41) is 0. The highest BCUT2D eigenvalue weighted by molar-refractivity contribution is 7.89. The molecule has 0 aliphatic carbocycles. The first-order chi connectivity index (χ1) is 8.53. The molecule has 2 rings (SSSR count). The lowest BCUT2D eigenvalue weighted by molar-refractivity contribution is -0.0156. The van der Waals surface area contributed by atoms with Crippen molar-refractivity contribution in [1.29, 1.82) is 0 Å². The van der Waals surface area contributed by atoms with Crippen molar-refractivity contribution in [2.24, 2.45) is 0 Å². The van der Waals surface area contributed by atoms with Crippen LogP contribution in [0, 0.1) is 0 Å². The number of ether oxygens (including phenoxy) is 2. The fourth-order valence-corrected chi connectivity index (χ4v) is 4.49. The van der Waals surface area contributed by atoms with Gasteiger partial charge in [0.25, 0.3) is 0 Å². The van der Waals surface area contributed by atoms with Crippen molar-refractivity contribution in [2.75, 3.05) is 31.4 Å². The number of alkyl halides is 1. The quantitative estimate of drug-likeness (QED) is 0.721. The van der Waals surface area contributed by atoms with E-state index in [-0.39, 0.29) is 24.0 Å². The largest absolute Gasteiger partial charge is 0.377 e. The predicted molar refractivity (Wildman–Crippen MR) is 69.4 cm³/mol. The summed E-state index contributed by atoms with van der Waals surface area (Å²) in [6.45, 7) is 3.28. The molecule has 0 N–H and O–H groups in total. The molecule has 7 heteroatoms. The van der Waals surface area contributed by atoms with Gasteiger partial charge in [0.15, 0.2) is 0 Å². The maximum atomic E-state index is 12.4. The lowest BCUT2D eigenvalue weighted by Gasteiger charge is -2.36. The molecule has 0 spiro atoms. The van der Waals surface area contributed by atoms with Gasteiger partial charge < -0.3 is 9.47 Å². The molecule has 0 aromatic heterocycles. The molecular weight excluding hydrogens is 278 g/mol. The molecule has 5 nitrogen and oxygen atoms in total. The average molecular weight is 298 g/mol. The van der Waals surface area contributed by atoms with E-state index in [2.05, 4.69) is 0 Å². The second-order valence-corrected chi connectivity index (χ2v) is 7.22. The Bertz CT molecular complexity index is 369. The van der Waals surface area contributed by atoms with Crippen molar-refractivity contribution in [3.05, 3.63) is 0 Å². The number of halogens is 1. The molecule has 3 atom stereocenters. The van der Waals surface area contributed by atoms with E-state index in [0.29, 0.717) is 25.6 Å². The van der Waals surface area contributed by atoms with Crippen LogP contribution in [0.1, 0.15) is 19.8 Å². The Balaban J connectivity index is 2.02. The molecule has 2 fully saturated rings. The van der Waals surface area contributed by atoms with Gasteiger partial charge in [0.1, 0.15) is 0 Å². The average Bonchev–Trinajstić information content (AvgIpc) is 2.81. The Morgan fingerprint density at radius 1 is 1.33 bits per heavy atom. The summed E-state index contributed by atoms with van der Waals surface area (Å²) < 4.78 is 37.1. The number of hydrogen-bond acceptors (Lipinski definition) is 4. The third kappa shape index (κ3) is 3.36. The number of rotatable bonds is 4. The second-order valence-electron chi connectivity index (χ2n) is 4.94. The third-order valence-corrected chi connectivity index (χ3v) is 5.76. The smallest absolute Gasteiger partial charge is 0.217 e. The molecule has 2 saturated heterocycles. The Morgan fingerprint density at radius 2 is 2.11 bits per heavy atom. The molecule has 2 aliphatic rings. The fourth-order valence-electron chi connectivity index (χ4n) is 2.38. The van der Waals surface area contributed by atoms with Crippen LogP contribution in [0.2, 0.25) is 0 Å². The van der Waals surface area contributed by atoms with Crippen LogP contribution >= 0.6 is 11.6 Å². The Morgan fingerprint density at radius 3 is 2.72 bits per heavy atom. The molecule has 3 unspecified atom stereocenters. The molecule has 0 aromatic rings. The first kappa shape index (κ1) is 14.5. The van der Waals surface area contributed by atoms with Gasteiger partial charge in [-0.2, -0.15) is 4.31 Å². The molecule has 0 saturated carbocycles. The van der Waals surface area contributed by atoms with Crippen LogP contribution in [0.15, 0.2) is 0 Å². The van der Waals surface area contributed by atoms with Crippen molar-refractivity contribution < 1.29 is 17.9 Å². The van der Waals surface area contributed by atoms with Crippen LogP contribution in [0.3, 0.4) is 0 Å². The molecular formula is C11H20ClNO4S. The molecule has 0 aromatic carbocycles. The minimum Gasteiger partial charge on any atom is -0.377 e. The van der Waals surface area contributed by atoms with Gasteiger partial charge in [-0.15, -0.1) is 11.6 Å². The molecule has 2 aliphatic heterocycles. The maximum Gasteiger partial charge on any atom is 0.217 e. The van der Waals surface area contributed by atoms with Gasteiger partial charge in [-0.25, -0.2) is 8.42 Å². The molecule has 106 valence electrons. The van der Waals surface area contributed by atoms with Crippen LogP contribution in [0.4, 0.5) is 0 Å². The lowest BCUT2D eigenvalue weighted by Crippen LogP contribution is -2.52. The van der Waals surface area contributed by atoms with Crippen LogP contribution in [0.25, 0.3) is 0 Å². The zero-order chi connectivity index (χ0) is 13.2. The van der Waals surface area contributed by atoms with E-state index in [1.807, 2.05) is 6.92 Å². The third-order valence-electron chi connectivity index (χ3n) is 3.40. The van der Waals surface area contributed by atoms with Crippen LogP contribution in [-0.4, -0.2) is 62.4 Å². The first-order valence-corrected chi connectivity index (χ1v) is 8.46. The van der Waals surface area contributed by atoms with Gasteiger partial charge in [0.2, 0.25) is 10.0 Å². The van der Waals surface area contributed by atoms with Crippen molar-refractivity contribution in [3.63, 3.8) is 0 Å². The Kier molecular flexibility index (Phi) is 4.88. The zero-order valence-electron chi connectivity index (χ0n) is 10.5. The normalized spacial score (nSPS) is 34.9. The summed E-state index contributed by atoms with van der Waals surface area (Å²) in [6, 6.07) is -0.129. The summed E-state index contributed by atoms with van der Waals surface area (Å²) in [6.07, 6.45) is 1.42. The maximum absolute atomic E-state index is 12.4. The van der Waals surface area contributed by atoms with Gasteiger partial charge in [-0.3, -0.25) is 0 Å². The summed E-state index contributed by atoms with van der Waals surface area (Å²) in [7, 11) is -3.29. The minimum absolute atomic E-state index is 0.0757. The van der Waals surface area contributed by atoms with E-state index in [4.69, 9.17) is 21.1 Å². The van der Waals surface area contributed by atoms with E-state index < -0.39 is 10.0 Å². The van der Waals surface area contributed by atoms with E-state index in [0.717, 1.165) is 12.8 Å². The van der Waals surface area contributed by atoms with Gasteiger partial charge >= 0.3 is 0 Å². The van der Waals surface area contributed by atoms with Gasteiger partial charge in [-0.1, -0.05) is 0 Å². The lowest BCUT2D eigenvalue weighted by atomic mass is 10.2. The predicted octanol–water partition coefficient (Wildman–Crippen LogP) is 0.823.